The molecule has 3 aromatic rings. The van der Waals surface area contributed by atoms with Crippen molar-refractivity contribution >= 4 is 23.2 Å². The van der Waals surface area contributed by atoms with Crippen molar-refractivity contribution in [2.75, 3.05) is 13.1 Å². The minimum Gasteiger partial charge on any atom is -0.369 e. The first-order valence-electron chi connectivity index (χ1n) is 9.70. The highest BCUT2D eigenvalue weighted by atomic mass is 32.1. The Morgan fingerprint density at radius 3 is 2.76 bits per heavy atom. The maximum Gasteiger partial charge on any atom is 0.272 e. The summed E-state index contributed by atoms with van der Waals surface area (Å²) in [5.41, 5.74) is 7.71. The molecule has 4 rings (SSSR count). The molecule has 2 N–H and O–H groups in total. The van der Waals surface area contributed by atoms with Crippen molar-refractivity contribution in [2.45, 2.75) is 19.3 Å². The summed E-state index contributed by atoms with van der Waals surface area (Å²) in [6.45, 7) is 0.931. The van der Waals surface area contributed by atoms with Gasteiger partial charge in [0.25, 0.3) is 5.91 Å². The third-order valence-electron chi connectivity index (χ3n) is 5.55. The Bertz CT molecular complexity index is 1000. The van der Waals surface area contributed by atoms with E-state index in [4.69, 9.17) is 5.73 Å². The fourth-order valence-corrected chi connectivity index (χ4v) is 4.78. The second-order valence-corrected chi connectivity index (χ2v) is 8.49. The number of pyridine rings is 1. The molecule has 6 heteroatoms. The molecule has 1 aromatic carbocycles. The molecule has 5 nitrogen and oxygen atoms in total. The lowest BCUT2D eigenvalue weighted by Gasteiger charge is -2.40. The van der Waals surface area contributed by atoms with Crippen LogP contribution in [0.4, 0.5) is 0 Å². The van der Waals surface area contributed by atoms with Crippen LogP contribution in [-0.4, -0.2) is 34.8 Å². The predicted molar refractivity (Wildman–Crippen MR) is 114 cm³/mol. The predicted octanol–water partition coefficient (Wildman–Crippen LogP) is 3.76. The van der Waals surface area contributed by atoms with Gasteiger partial charge in [0.1, 0.15) is 5.69 Å². The van der Waals surface area contributed by atoms with Crippen LogP contribution in [0.5, 0.6) is 0 Å². The van der Waals surface area contributed by atoms with Crippen molar-refractivity contribution in [2.24, 2.45) is 11.1 Å². The van der Waals surface area contributed by atoms with Crippen LogP contribution in [0.15, 0.2) is 66.2 Å². The molecular weight excluding hydrogens is 382 g/mol. The highest BCUT2D eigenvalue weighted by Gasteiger charge is 2.42. The van der Waals surface area contributed by atoms with Crippen molar-refractivity contribution in [3.63, 3.8) is 0 Å². The molecular formula is C23H23N3O2S. The topological polar surface area (TPSA) is 76.3 Å². The first-order valence-corrected chi connectivity index (χ1v) is 10.6. The van der Waals surface area contributed by atoms with E-state index in [0.29, 0.717) is 31.6 Å². The molecule has 1 saturated heterocycles. The van der Waals surface area contributed by atoms with Crippen molar-refractivity contribution in [1.29, 1.82) is 0 Å². The highest BCUT2D eigenvalue weighted by Crippen LogP contribution is 2.35. The van der Waals surface area contributed by atoms with Crippen LogP contribution in [0, 0.1) is 5.41 Å². The van der Waals surface area contributed by atoms with E-state index >= 15 is 0 Å². The normalized spacial score (nSPS) is 19.1. The number of piperidine rings is 1. The Morgan fingerprint density at radius 2 is 2.03 bits per heavy atom. The molecule has 1 atom stereocenters. The number of nitrogens with two attached hydrogens (primary N) is 1. The molecule has 0 bridgehead atoms. The second kappa shape index (κ2) is 8.17. The number of amides is 2. The van der Waals surface area contributed by atoms with Crippen LogP contribution in [0.3, 0.4) is 0 Å². The number of hydrogen-bond donors (Lipinski definition) is 1. The van der Waals surface area contributed by atoms with Crippen molar-refractivity contribution in [3.8, 4) is 10.4 Å². The Balaban J connectivity index is 1.59. The minimum atomic E-state index is -0.767. The number of nitrogens with zero attached hydrogens (tertiary/aromatic N) is 2. The fourth-order valence-electron chi connectivity index (χ4n) is 4.06. The Morgan fingerprint density at radius 1 is 1.14 bits per heavy atom. The summed E-state index contributed by atoms with van der Waals surface area (Å²) in [5.74, 6) is -0.499. The van der Waals surface area contributed by atoms with E-state index in [2.05, 4.69) is 28.6 Å². The van der Waals surface area contributed by atoms with Crippen molar-refractivity contribution in [3.05, 3.63) is 77.4 Å². The van der Waals surface area contributed by atoms with E-state index in [0.717, 1.165) is 17.5 Å². The number of primary amides is 1. The third-order valence-corrected chi connectivity index (χ3v) is 6.46. The lowest BCUT2D eigenvalue weighted by atomic mass is 9.74. The molecule has 1 aliphatic heterocycles. The largest absolute Gasteiger partial charge is 0.369 e. The average molecular weight is 406 g/mol. The number of rotatable bonds is 5. The van der Waals surface area contributed by atoms with E-state index in [9.17, 15) is 9.59 Å². The molecule has 0 spiro atoms. The quantitative estimate of drug-likeness (QED) is 0.702. The number of aromatic nitrogens is 1. The summed E-state index contributed by atoms with van der Waals surface area (Å²) in [5, 5.41) is 2.05. The monoisotopic (exact) mass is 405 g/mol. The van der Waals surface area contributed by atoms with Gasteiger partial charge in [-0.1, -0.05) is 36.4 Å². The molecule has 2 aromatic heterocycles. The van der Waals surface area contributed by atoms with Gasteiger partial charge in [0.2, 0.25) is 5.91 Å². The zero-order valence-electron chi connectivity index (χ0n) is 16.1. The van der Waals surface area contributed by atoms with Gasteiger partial charge < -0.3 is 10.6 Å². The zero-order chi connectivity index (χ0) is 20.3. The Hall–Kier alpha value is -2.99. The number of thiophene rings is 1. The van der Waals surface area contributed by atoms with Gasteiger partial charge in [0.05, 0.1) is 5.41 Å². The summed E-state index contributed by atoms with van der Waals surface area (Å²) >= 11 is 1.69. The van der Waals surface area contributed by atoms with Crippen LogP contribution in [0.2, 0.25) is 0 Å². The number of carbonyl (C=O) groups excluding carboxylic acids is 2. The van der Waals surface area contributed by atoms with Crippen LogP contribution in [0.1, 0.15) is 28.9 Å². The van der Waals surface area contributed by atoms with E-state index in [-0.39, 0.29) is 11.8 Å². The summed E-state index contributed by atoms with van der Waals surface area (Å²) in [6, 6.07) is 17.6. The lowest BCUT2D eigenvalue weighted by molar-refractivity contribution is -0.130. The third kappa shape index (κ3) is 4.07. The van der Waals surface area contributed by atoms with Crippen LogP contribution >= 0.6 is 11.3 Å². The standard InChI is InChI=1S/C23H23N3O2S/c24-22(28)23(15-17-6-3-7-18(14-17)20-9-4-13-29-20)10-5-12-26(16-23)21(27)19-8-1-2-11-25-19/h1-4,6-9,11,13-14H,5,10,12,15-16H2,(H2,24,28)/t23-/m1/s1. The SMILES string of the molecule is NC(=O)[C@@]1(Cc2cccc(-c3cccs3)c2)CCCN(C(=O)c2ccccn2)C1. The van der Waals surface area contributed by atoms with Gasteiger partial charge in [-0.25, -0.2) is 0 Å². The molecule has 3 heterocycles. The summed E-state index contributed by atoms with van der Waals surface area (Å²) in [6.07, 6.45) is 3.55. The van der Waals surface area contributed by atoms with Crippen LogP contribution in [0.25, 0.3) is 10.4 Å². The Labute approximate surface area is 174 Å². The summed E-state index contributed by atoms with van der Waals surface area (Å²) in [4.78, 5) is 32.5. The zero-order valence-corrected chi connectivity index (χ0v) is 16.9. The molecule has 0 saturated carbocycles. The molecule has 0 unspecified atom stereocenters. The van der Waals surface area contributed by atoms with Crippen molar-refractivity contribution in [1.82, 2.24) is 9.88 Å². The first-order chi connectivity index (χ1) is 14.1. The summed E-state index contributed by atoms with van der Waals surface area (Å²) < 4.78 is 0. The molecule has 148 valence electrons. The van der Waals surface area contributed by atoms with Gasteiger partial charge in [0.15, 0.2) is 0 Å². The summed E-state index contributed by atoms with van der Waals surface area (Å²) in [7, 11) is 0. The molecule has 1 aliphatic rings. The maximum absolute atomic E-state index is 12.9. The number of carbonyl (C=O) groups is 2. The molecule has 2 amide bonds. The second-order valence-electron chi connectivity index (χ2n) is 7.54. The van der Waals surface area contributed by atoms with Gasteiger partial charge in [-0.05, 0) is 54.0 Å². The number of benzene rings is 1. The molecule has 1 fully saturated rings. The van der Waals surface area contributed by atoms with Crippen LogP contribution < -0.4 is 5.73 Å². The molecule has 29 heavy (non-hydrogen) atoms. The fraction of sp³-hybridized carbons (Fsp3) is 0.261. The van der Waals surface area contributed by atoms with Gasteiger partial charge >= 0.3 is 0 Å². The lowest BCUT2D eigenvalue weighted by Crippen LogP contribution is -2.53. The first kappa shape index (κ1) is 19.3. The van der Waals surface area contributed by atoms with E-state index in [1.165, 1.54) is 4.88 Å². The Kier molecular flexibility index (Phi) is 5.45. The van der Waals surface area contributed by atoms with E-state index < -0.39 is 5.41 Å². The minimum absolute atomic E-state index is 0.150. The number of hydrogen-bond acceptors (Lipinski definition) is 4. The maximum atomic E-state index is 12.9. The van der Waals surface area contributed by atoms with E-state index in [1.807, 2.05) is 18.2 Å². The number of likely N-dealkylation sites (tertiary alicyclic amines) is 1. The molecule has 0 radical (unpaired) electrons. The van der Waals surface area contributed by atoms with Gasteiger partial charge in [-0.3, -0.25) is 14.6 Å². The van der Waals surface area contributed by atoms with Gasteiger partial charge in [-0.2, -0.15) is 0 Å². The highest BCUT2D eigenvalue weighted by molar-refractivity contribution is 7.13. The smallest absolute Gasteiger partial charge is 0.272 e. The average Bonchev–Trinajstić information content (AvgIpc) is 3.29. The van der Waals surface area contributed by atoms with Gasteiger partial charge in [-0.15, -0.1) is 11.3 Å². The van der Waals surface area contributed by atoms with Crippen molar-refractivity contribution < 1.29 is 9.59 Å². The molecule has 0 aliphatic carbocycles. The van der Waals surface area contributed by atoms with Gasteiger partial charge in [0, 0.05) is 24.2 Å². The van der Waals surface area contributed by atoms with Crippen LogP contribution in [-0.2, 0) is 11.2 Å². The van der Waals surface area contributed by atoms with E-state index in [1.54, 1.807) is 40.6 Å².